The van der Waals surface area contributed by atoms with E-state index in [-0.39, 0.29) is 17.7 Å². The maximum absolute atomic E-state index is 14.2. The number of benzene rings is 1. The summed E-state index contributed by atoms with van der Waals surface area (Å²) in [6.07, 6.45) is 1.86. The number of halogens is 2. The van der Waals surface area contributed by atoms with Crippen molar-refractivity contribution >= 4 is 0 Å². The molecule has 1 saturated heterocycles. The number of nitrogens with one attached hydrogen (secondary N) is 1. The molecule has 1 fully saturated rings. The fraction of sp³-hybridized carbons (Fsp3) is 0.647. The first-order chi connectivity index (χ1) is 9.88. The van der Waals surface area contributed by atoms with E-state index in [0.717, 1.165) is 19.4 Å². The van der Waals surface area contributed by atoms with E-state index in [4.69, 9.17) is 0 Å². The molecule has 1 aliphatic heterocycles. The molecule has 0 aliphatic carbocycles. The van der Waals surface area contributed by atoms with Gasteiger partial charge in [-0.3, -0.25) is 4.90 Å². The molecule has 2 nitrogen and oxygen atoms in total. The molecule has 1 heterocycles. The molecule has 0 spiro atoms. The van der Waals surface area contributed by atoms with Gasteiger partial charge in [0.05, 0.1) is 0 Å². The SMILES string of the molecule is CC(C)N[C@@H]1CCN(C(C)C)[C@H](c2cc(F)ccc2F)C1. The topological polar surface area (TPSA) is 15.3 Å². The van der Waals surface area contributed by atoms with Crippen LogP contribution in [0.5, 0.6) is 0 Å². The van der Waals surface area contributed by atoms with Crippen molar-refractivity contribution in [3.63, 3.8) is 0 Å². The zero-order valence-electron chi connectivity index (χ0n) is 13.4. The number of nitrogens with zero attached hydrogens (tertiary/aromatic N) is 1. The third kappa shape index (κ3) is 4.01. The lowest BCUT2D eigenvalue weighted by Gasteiger charge is -2.43. The summed E-state index contributed by atoms with van der Waals surface area (Å²) in [6, 6.07) is 4.79. The van der Waals surface area contributed by atoms with Crippen LogP contribution in [0, 0.1) is 11.6 Å². The van der Waals surface area contributed by atoms with Gasteiger partial charge in [0, 0.05) is 36.3 Å². The van der Waals surface area contributed by atoms with Crippen LogP contribution in [0.1, 0.15) is 52.1 Å². The summed E-state index contributed by atoms with van der Waals surface area (Å²) in [5.41, 5.74) is 0.485. The van der Waals surface area contributed by atoms with Gasteiger partial charge in [-0.05, 0) is 44.9 Å². The first kappa shape index (κ1) is 16.4. The standard InChI is InChI=1S/C17H26F2N2/c1-11(2)20-14-7-8-21(12(3)4)17(10-14)15-9-13(18)5-6-16(15)19/h5-6,9,11-12,14,17,20H,7-8,10H2,1-4H3/t14-,17+/m1/s1. The molecule has 4 heteroatoms. The Morgan fingerprint density at radius 1 is 1.19 bits per heavy atom. The maximum Gasteiger partial charge on any atom is 0.128 e. The van der Waals surface area contributed by atoms with Gasteiger partial charge in [0.2, 0.25) is 0 Å². The Balaban J connectivity index is 2.27. The highest BCUT2D eigenvalue weighted by atomic mass is 19.1. The van der Waals surface area contributed by atoms with Crippen molar-refractivity contribution in [2.75, 3.05) is 6.54 Å². The number of rotatable bonds is 4. The van der Waals surface area contributed by atoms with Gasteiger partial charge in [-0.25, -0.2) is 8.78 Å². The quantitative estimate of drug-likeness (QED) is 0.907. The second-order valence-electron chi connectivity index (χ2n) is 6.56. The van der Waals surface area contributed by atoms with Crippen LogP contribution in [0.25, 0.3) is 0 Å². The van der Waals surface area contributed by atoms with Gasteiger partial charge < -0.3 is 5.32 Å². The lowest BCUT2D eigenvalue weighted by atomic mass is 9.90. The van der Waals surface area contributed by atoms with Crippen molar-refractivity contribution in [2.24, 2.45) is 0 Å². The average Bonchev–Trinajstić information content (AvgIpc) is 2.40. The van der Waals surface area contributed by atoms with Crippen molar-refractivity contribution in [1.29, 1.82) is 0 Å². The molecule has 21 heavy (non-hydrogen) atoms. The van der Waals surface area contributed by atoms with Crippen LogP contribution >= 0.6 is 0 Å². The van der Waals surface area contributed by atoms with Crippen molar-refractivity contribution in [3.05, 3.63) is 35.4 Å². The van der Waals surface area contributed by atoms with E-state index in [2.05, 4.69) is 37.9 Å². The number of piperidine rings is 1. The van der Waals surface area contributed by atoms with E-state index in [1.165, 1.54) is 18.2 Å². The zero-order chi connectivity index (χ0) is 15.6. The van der Waals surface area contributed by atoms with E-state index in [1.54, 1.807) is 0 Å². The maximum atomic E-state index is 14.2. The smallest absolute Gasteiger partial charge is 0.128 e. The highest BCUT2D eigenvalue weighted by molar-refractivity contribution is 5.23. The van der Waals surface area contributed by atoms with Crippen LogP contribution in [-0.4, -0.2) is 29.6 Å². The molecule has 118 valence electrons. The molecule has 2 atom stereocenters. The van der Waals surface area contributed by atoms with Gasteiger partial charge in [-0.2, -0.15) is 0 Å². The second kappa shape index (κ2) is 6.84. The van der Waals surface area contributed by atoms with E-state index in [0.29, 0.717) is 23.7 Å². The average molecular weight is 296 g/mol. The summed E-state index contributed by atoms with van der Waals surface area (Å²) in [6.45, 7) is 9.36. The van der Waals surface area contributed by atoms with Gasteiger partial charge in [0.1, 0.15) is 11.6 Å². The van der Waals surface area contributed by atoms with Crippen LogP contribution in [-0.2, 0) is 0 Å². The largest absolute Gasteiger partial charge is 0.312 e. The van der Waals surface area contributed by atoms with Gasteiger partial charge in [0.15, 0.2) is 0 Å². The van der Waals surface area contributed by atoms with Crippen LogP contribution < -0.4 is 5.32 Å². The zero-order valence-corrected chi connectivity index (χ0v) is 13.4. The summed E-state index contributed by atoms with van der Waals surface area (Å²) in [5, 5.41) is 3.53. The summed E-state index contributed by atoms with van der Waals surface area (Å²) in [4.78, 5) is 2.27. The molecule has 0 aromatic heterocycles. The lowest BCUT2D eigenvalue weighted by Crippen LogP contribution is -2.48. The predicted molar refractivity (Wildman–Crippen MR) is 82.2 cm³/mol. The molecular weight excluding hydrogens is 270 g/mol. The minimum absolute atomic E-state index is 0.0642. The van der Waals surface area contributed by atoms with E-state index in [1.807, 2.05) is 0 Å². The number of hydrogen-bond donors (Lipinski definition) is 1. The first-order valence-corrected chi connectivity index (χ1v) is 7.85. The summed E-state index contributed by atoms with van der Waals surface area (Å²) >= 11 is 0. The highest BCUT2D eigenvalue weighted by Gasteiger charge is 2.32. The van der Waals surface area contributed by atoms with Gasteiger partial charge in [-0.1, -0.05) is 13.8 Å². The summed E-state index contributed by atoms with van der Waals surface area (Å²) in [7, 11) is 0. The highest BCUT2D eigenvalue weighted by Crippen LogP contribution is 2.34. The Kier molecular flexibility index (Phi) is 5.33. The molecule has 1 aliphatic rings. The Morgan fingerprint density at radius 3 is 2.52 bits per heavy atom. The minimum atomic E-state index is -0.367. The normalized spacial score (nSPS) is 24.0. The fourth-order valence-electron chi connectivity index (χ4n) is 3.30. The minimum Gasteiger partial charge on any atom is -0.312 e. The van der Waals surface area contributed by atoms with Gasteiger partial charge in [0.25, 0.3) is 0 Å². The molecule has 1 aromatic rings. The van der Waals surface area contributed by atoms with Gasteiger partial charge in [-0.15, -0.1) is 0 Å². The number of likely N-dealkylation sites (tertiary alicyclic amines) is 1. The van der Waals surface area contributed by atoms with Crippen molar-refractivity contribution in [2.45, 2.75) is 64.7 Å². The molecule has 0 radical (unpaired) electrons. The van der Waals surface area contributed by atoms with E-state index in [9.17, 15) is 8.78 Å². The summed E-state index contributed by atoms with van der Waals surface area (Å²) in [5.74, 6) is -0.675. The predicted octanol–water partition coefficient (Wildman–Crippen LogP) is 3.88. The van der Waals surface area contributed by atoms with Crippen molar-refractivity contribution < 1.29 is 8.78 Å². The molecule has 0 unspecified atom stereocenters. The summed E-state index contributed by atoms with van der Waals surface area (Å²) < 4.78 is 27.7. The second-order valence-corrected chi connectivity index (χ2v) is 6.56. The third-order valence-corrected chi connectivity index (χ3v) is 4.19. The lowest BCUT2D eigenvalue weighted by molar-refractivity contribution is 0.0879. The molecule has 1 aromatic carbocycles. The number of hydrogen-bond acceptors (Lipinski definition) is 2. The Labute approximate surface area is 126 Å². The Bertz CT molecular complexity index is 474. The van der Waals surface area contributed by atoms with E-state index >= 15 is 0 Å². The monoisotopic (exact) mass is 296 g/mol. The van der Waals surface area contributed by atoms with Crippen LogP contribution in [0.2, 0.25) is 0 Å². The van der Waals surface area contributed by atoms with Crippen molar-refractivity contribution in [3.8, 4) is 0 Å². The van der Waals surface area contributed by atoms with Crippen LogP contribution in [0.4, 0.5) is 8.78 Å². The molecule has 2 rings (SSSR count). The fourth-order valence-corrected chi connectivity index (χ4v) is 3.30. The molecule has 0 amide bonds. The third-order valence-electron chi connectivity index (χ3n) is 4.19. The van der Waals surface area contributed by atoms with Crippen LogP contribution in [0.15, 0.2) is 18.2 Å². The Morgan fingerprint density at radius 2 is 1.90 bits per heavy atom. The van der Waals surface area contributed by atoms with Crippen molar-refractivity contribution in [1.82, 2.24) is 10.2 Å². The van der Waals surface area contributed by atoms with Crippen LogP contribution in [0.3, 0.4) is 0 Å². The molecular formula is C17H26F2N2. The molecule has 0 bridgehead atoms. The van der Waals surface area contributed by atoms with Gasteiger partial charge >= 0.3 is 0 Å². The van der Waals surface area contributed by atoms with E-state index < -0.39 is 0 Å². The first-order valence-electron chi connectivity index (χ1n) is 7.85. The molecule has 1 N–H and O–H groups in total. The Hall–Kier alpha value is -1.00. The molecule has 0 saturated carbocycles.